The molecular formula is C17H12O4. The Labute approximate surface area is 120 Å². The Hall–Kier alpha value is -2.93. The fourth-order valence-corrected chi connectivity index (χ4v) is 2.24. The number of phenolic OH excluding ortho intramolecular Hbond substituents is 2. The average Bonchev–Trinajstić information content (AvgIpc) is 2.45. The summed E-state index contributed by atoms with van der Waals surface area (Å²) < 4.78 is 5.21. The van der Waals surface area contributed by atoms with Gasteiger partial charge in [0.1, 0.15) is 17.1 Å². The summed E-state index contributed by atoms with van der Waals surface area (Å²) in [6.07, 6.45) is 0.656. The molecule has 0 radical (unpaired) electrons. The lowest BCUT2D eigenvalue weighted by atomic mass is 10.0. The van der Waals surface area contributed by atoms with Crippen molar-refractivity contribution in [1.82, 2.24) is 0 Å². The average molecular weight is 280 g/mol. The lowest BCUT2D eigenvalue weighted by Crippen LogP contribution is -2.00. The molecule has 0 aliphatic heterocycles. The number of hydrogen-bond acceptors (Lipinski definition) is 4. The first-order valence-corrected chi connectivity index (χ1v) is 6.51. The Morgan fingerprint density at radius 2 is 1.90 bits per heavy atom. The zero-order valence-electron chi connectivity index (χ0n) is 11.3. The minimum atomic E-state index is -0.525. The van der Waals surface area contributed by atoms with Crippen molar-refractivity contribution in [1.29, 1.82) is 0 Å². The molecule has 1 heterocycles. The van der Waals surface area contributed by atoms with E-state index in [1.807, 2.05) is 6.92 Å². The van der Waals surface area contributed by atoms with Gasteiger partial charge in [-0.2, -0.15) is 0 Å². The van der Waals surface area contributed by atoms with Crippen molar-refractivity contribution in [3.8, 4) is 23.3 Å². The van der Waals surface area contributed by atoms with Gasteiger partial charge in [-0.1, -0.05) is 18.8 Å². The monoisotopic (exact) mass is 280 g/mol. The van der Waals surface area contributed by atoms with Gasteiger partial charge in [0.05, 0.1) is 10.9 Å². The lowest BCUT2D eigenvalue weighted by Gasteiger charge is -2.05. The molecule has 0 saturated heterocycles. The van der Waals surface area contributed by atoms with Crippen molar-refractivity contribution in [3.05, 3.63) is 46.3 Å². The number of rotatable bonds is 0. The van der Waals surface area contributed by atoms with Crippen molar-refractivity contribution in [3.63, 3.8) is 0 Å². The van der Waals surface area contributed by atoms with Crippen molar-refractivity contribution in [2.75, 3.05) is 0 Å². The third kappa shape index (κ3) is 2.19. The smallest absolute Gasteiger partial charge is 0.344 e. The van der Waals surface area contributed by atoms with Gasteiger partial charge in [0.2, 0.25) is 0 Å². The molecule has 21 heavy (non-hydrogen) atoms. The van der Waals surface area contributed by atoms with Gasteiger partial charge in [-0.15, -0.1) is 0 Å². The fraction of sp³-hybridized carbons (Fsp3) is 0.118. The van der Waals surface area contributed by atoms with E-state index in [4.69, 9.17) is 4.42 Å². The van der Waals surface area contributed by atoms with E-state index in [0.29, 0.717) is 28.1 Å². The zero-order chi connectivity index (χ0) is 15.0. The highest BCUT2D eigenvalue weighted by atomic mass is 16.4. The van der Waals surface area contributed by atoms with Crippen molar-refractivity contribution < 1.29 is 14.6 Å². The number of aromatic hydroxyl groups is 2. The molecule has 0 unspecified atom stereocenters. The molecular weight excluding hydrogens is 268 g/mol. The van der Waals surface area contributed by atoms with Gasteiger partial charge in [0.15, 0.2) is 0 Å². The van der Waals surface area contributed by atoms with Crippen molar-refractivity contribution >= 4 is 21.7 Å². The predicted octanol–water partition coefficient (Wildman–Crippen LogP) is 3.12. The predicted molar refractivity (Wildman–Crippen MR) is 80.5 cm³/mol. The first-order valence-electron chi connectivity index (χ1n) is 6.51. The molecule has 0 atom stereocenters. The van der Waals surface area contributed by atoms with Crippen LogP contribution in [-0.2, 0) is 0 Å². The van der Waals surface area contributed by atoms with Crippen LogP contribution in [0.3, 0.4) is 0 Å². The SMILES string of the molecule is CCC#Cc1cc2c(=O)oc3cc(O)ccc3c2cc1O. The van der Waals surface area contributed by atoms with Gasteiger partial charge in [0.25, 0.3) is 0 Å². The van der Waals surface area contributed by atoms with Crippen LogP contribution in [0.1, 0.15) is 18.9 Å². The van der Waals surface area contributed by atoms with Crippen LogP contribution in [0.4, 0.5) is 0 Å². The molecule has 0 fully saturated rings. The van der Waals surface area contributed by atoms with Crippen LogP contribution in [0.25, 0.3) is 21.7 Å². The maximum absolute atomic E-state index is 12.1. The van der Waals surface area contributed by atoms with Gasteiger partial charge in [-0.25, -0.2) is 4.79 Å². The second-order valence-electron chi connectivity index (χ2n) is 4.64. The van der Waals surface area contributed by atoms with E-state index < -0.39 is 5.63 Å². The molecule has 4 nitrogen and oxygen atoms in total. The summed E-state index contributed by atoms with van der Waals surface area (Å²) in [5.41, 5.74) is 0.150. The number of fused-ring (bicyclic) bond motifs is 3. The molecule has 4 heteroatoms. The highest BCUT2D eigenvalue weighted by Gasteiger charge is 2.11. The molecule has 0 spiro atoms. The number of hydrogen-bond donors (Lipinski definition) is 2. The van der Waals surface area contributed by atoms with Gasteiger partial charge in [0, 0.05) is 23.3 Å². The third-order valence-corrected chi connectivity index (χ3v) is 3.21. The Bertz CT molecular complexity index is 971. The first kappa shape index (κ1) is 13.1. The molecule has 3 aromatic rings. The van der Waals surface area contributed by atoms with Crippen molar-refractivity contribution in [2.45, 2.75) is 13.3 Å². The molecule has 3 rings (SSSR count). The van der Waals surface area contributed by atoms with Crippen LogP contribution in [0, 0.1) is 11.8 Å². The molecule has 104 valence electrons. The van der Waals surface area contributed by atoms with E-state index in [1.54, 1.807) is 6.07 Å². The second-order valence-corrected chi connectivity index (χ2v) is 4.64. The zero-order valence-corrected chi connectivity index (χ0v) is 11.3. The lowest BCUT2D eigenvalue weighted by molar-refractivity contribution is 0.473. The van der Waals surface area contributed by atoms with Gasteiger partial charge < -0.3 is 14.6 Å². The summed E-state index contributed by atoms with van der Waals surface area (Å²) in [5, 5.41) is 21.1. The molecule has 0 aliphatic rings. The topological polar surface area (TPSA) is 70.7 Å². The Morgan fingerprint density at radius 1 is 1.10 bits per heavy atom. The molecule has 0 amide bonds. The standard InChI is InChI=1S/C17H12O4/c1-2-3-4-10-7-14-13(9-15(10)19)12-6-5-11(18)8-16(12)21-17(14)20/h5-9,18-19H,2H2,1H3. The van der Waals surface area contributed by atoms with Crippen molar-refractivity contribution in [2.24, 2.45) is 0 Å². The third-order valence-electron chi connectivity index (χ3n) is 3.21. The molecule has 2 N–H and O–H groups in total. The molecule has 0 aliphatic carbocycles. The summed E-state index contributed by atoms with van der Waals surface area (Å²) in [6.45, 7) is 1.90. The Kier molecular flexibility index (Phi) is 3.03. The van der Waals surface area contributed by atoms with Crippen LogP contribution < -0.4 is 5.63 Å². The van der Waals surface area contributed by atoms with E-state index in [0.717, 1.165) is 0 Å². The maximum Gasteiger partial charge on any atom is 0.344 e. The van der Waals surface area contributed by atoms with Crippen LogP contribution in [0.5, 0.6) is 11.5 Å². The highest BCUT2D eigenvalue weighted by Crippen LogP contribution is 2.30. The minimum Gasteiger partial charge on any atom is -0.508 e. The van der Waals surface area contributed by atoms with Crippen LogP contribution >= 0.6 is 0 Å². The van der Waals surface area contributed by atoms with Gasteiger partial charge in [-0.3, -0.25) is 0 Å². The van der Waals surface area contributed by atoms with Crippen LogP contribution in [-0.4, -0.2) is 10.2 Å². The normalized spacial score (nSPS) is 10.5. The Morgan fingerprint density at radius 3 is 2.67 bits per heavy atom. The summed E-state index contributed by atoms with van der Waals surface area (Å²) in [5.74, 6) is 5.71. The minimum absolute atomic E-state index is 0.0136. The summed E-state index contributed by atoms with van der Waals surface area (Å²) in [4.78, 5) is 12.1. The summed E-state index contributed by atoms with van der Waals surface area (Å²) in [7, 11) is 0. The van der Waals surface area contributed by atoms with Gasteiger partial charge in [-0.05, 0) is 24.3 Å². The first-order chi connectivity index (χ1) is 10.1. The quantitative estimate of drug-likeness (QED) is 0.377. The molecule has 0 bridgehead atoms. The highest BCUT2D eigenvalue weighted by molar-refractivity contribution is 6.05. The van der Waals surface area contributed by atoms with E-state index in [1.165, 1.54) is 24.3 Å². The van der Waals surface area contributed by atoms with E-state index in [2.05, 4.69) is 11.8 Å². The maximum atomic E-state index is 12.1. The van der Waals surface area contributed by atoms with E-state index >= 15 is 0 Å². The Balaban J connectivity index is 2.43. The van der Waals surface area contributed by atoms with Gasteiger partial charge >= 0.3 is 5.63 Å². The summed E-state index contributed by atoms with van der Waals surface area (Å²) in [6, 6.07) is 7.56. The number of benzene rings is 2. The fourth-order valence-electron chi connectivity index (χ4n) is 2.24. The molecule has 1 aromatic heterocycles. The van der Waals surface area contributed by atoms with E-state index in [-0.39, 0.29) is 17.1 Å². The molecule has 0 saturated carbocycles. The van der Waals surface area contributed by atoms with Crippen LogP contribution in [0.15, 0.2) is 39.5 Å². The summed E-state index contributed by atoms with van der Waals surface area (Å²) >= 11 is 0. The molecule has 2 aromatic carbocycles. The number of phenols is 2. The van der Waals surface area contributed by atoms with E-state index in [9.17, 15) is 15.0 Å². The van der Waals surface area contributed by atoms with Crippen LogP contribution in [0.2, 0.25) is 0 Å². The second kappa shape index (κ2) is 4.88. The largest absolute Gasteiger partial charge is 0.508 e.